The second-order valence-electron chi connectivity index (χ2n) is 3.42. The summed E-state index contributed by atoms with van der Waals surface area (Å²) in [4.78, 5) is 0. The molecule has 1 N–H and O–H groups in total. The maximum absolute atomic E-state index is 5.42. The third-order valence-corrected chi connectivity index (χ3v) is 2.19. The zero-order valence-electron chi connectivity index (χ0n) is 9.55. The summed E-state index contributed by atoms with van der Waals surface area (Å²) in [5, 5.41) is 3.31. The molecule has 0 aliphatic rings. The summed E-state index contributed by atoms with van der Waals surface area (Å²) in [6.07, 6.45) is 1.01. The summed E-state index contributed by atoms with van der Waals surface area (Å²) in [5.41, 5.74) is 2.28. The van der Waals surface area contributed by atoms with Crippen LogP contribution < -0.4 is 10.1 Å². The monoisotopic (exact) mass is 205 g/mol. The normalized spacial score (nSPS) is 9.73. The first-order chi connectivity index (χ1) is 7.26. The van der Waals surface area contributed by atoms with Gasteiger partial charge in [-0.2, -0.15) is 0 Å². The van der Waals surface area contributed by atoms with Crippen molar-refractivity contribution in [2.45, 2.75) is 20.3 Å². The van der Waals surface area contributed by atoms with Gasteiger partial charge in [0.1, 0.15) is 5.75 Å². The number of anilines is 1. The van der Waals surface area contributed by atoms with E-state index in [1.807, 2.05) is 31.2 Å². The van der Waals surface area contributed by atoms with Gasteiger partial charge >= 0.3 is 0 Å². The summed E-state index contributed by atoms with van der Waals surface area (Å²) in [6.45, 7) is 9.58. The minimum absolute atomic E-state index is 0.700. The Bertz CT molecular complexity index is 320. The smallest absolute Gasteiger partial charge is 0.121 e. The minimum atomic E-state index is 0.700. The molecule has 0 atom stereocenters. The molecule has 82 valence electrons. The summed E-state index contributed by atoms with van der Waals surface area (Å²) in [7, 11) is 0. The molecule has 2 heteroatoms. The number of nitrogens with one attached hydrogen (secondary N) is 1. The highest BCUT2D eigenvalue weighted by molar-refractivity contribution is 5.48. The first-order valence-corrected chi connectivity index (χ1v) is 5.39. The summed E-state index contributed by atoms with van der Waals surface area (Å²) in [6, 6.07) is 7.99. The van der Waals surface area contributed by atoms with E-state index in [1.165, 1.54) is 5.57 Å². The minimum Gasteiger partial charge on any atom is -0.494 e. The van der Waals surface area contributed by atoms with Crippen LogP contribution in [0.2, 0.25) is 0 Å². The van der Waals surface area contributed by atoms with Crippen LogP contribution in [0, 0.1) is 0 Å². The molecule has 15 heavy (non-hydrogen) atoms. The van der Waals surface area contributed by atoms with E-state index in [0.29, 0.717) is 6.61 Å². The van der Waals surface area contributed by atoms with Crippen LogP contribution in [0.15, 0.2) is 36.4 Å². The van der Waals surface area contributed by atoms with Crippen LogP contribution in [-0.4, -0.2) is 13.2 Å². The summed E-state index contributed by atoms with van der Waals surface area (Å²) in [5.74, 6) is 0.907. The Balaban J connectivity index is 2.53. The Kier molecular flexibility index (Phi) is 4.75. The van der Waals surface area contributed by atoms with E-state index in [9.17, 15) is 0 Å². The molecule has 0 saturated heterocycles. The second kappa shape index (κ2) is 6.12. The van der Waals surface area contributed by atoms with Gasteiger partial charge in [-0.15, -0.1) is 0 Å². The zero-order chi connectivity index (χ0) is 11.1. The topological polar surface area (TPSA) is 21.3 Å². The number of benzene rings is 1. The molecular formula is C13H19NO. The number of hydrogen-bond donors (Lipinski definition) is 1. The predicted octanol–water partition coefficient (Wildman–Crippen LogP) is 3.46. The molecule has 0 aliphatic carbocycles. The van der Waals surface area contributed by atoms with E-state index in [2.05, 4.69) is 18.8 Å². The van der Waals surface area contributed by atoms with Crippen molar-refractivity contribution in [2.75, 3.05) is 18.5 Å². The highest BCUT2D eigenvalue weighted by Crippen LogP contribution is 2.17. The van der Waals surface area contributed by atoms with Crippen molar-refractivity contribution in [2.24, 2.45) is 0 Å². The fourth-order valence-corrected chi connectivity index (χ4v) is 1.21. The van der Waals surface area contributed by atoms with Gasteiger partial charge in [0.25, 0.3) is 0 Å². The van der Waals surface area contributed by atoms with E-state index >= 15 is 0 Å². The summed E-state index contributed by atoms with van der Waals surface area (Å²) < 4.78 is 5.42. The lowest BCUT2D eigenvalue weighted by molar-refractivity contribution is 0.340. The van der Waals surface area contributed by atoms with Crippen molar-refractivity contribution in [3.05, 3.63) is 36.4 Å². The van der Waals surface area contributed by atoms with Crippen molar-refractivity contribution >= 4 is 5.69 Å². The van der Waals surface area contributed by atoms with Crippen LogP contribution in [0.1, 0.15) is 20.3 Å². The molecule has 0 heterocycles. The van der Waals surface area contributed by atoms with Gasteiger partial charge in [-0.05, 0) is 25.5 Å². The standard InChI is InChI=1S/C13H19NO/c1-4-11(3)10-14-12-7-6-8-13(9-12)15-5-2/h6-9,14H,3-5,10H2,1-2H3. The molecule has 1 aromatic carbocycles. The van der Waals surface area contributed by atoms with Crippen LogP contribution in [0.5, 0.6) is 5.75 Å². The number of ether oxygens (including phenoxy) is 1. The average Bonchev–Trinajstić information content (AvgIpc) is 2.27. The number of rotatable bonds is 6. The Hall–Kier alpha value is -1.44. The maximum atomic E-state index is 5.42. The molecule has 0 spiro atoms. The lowest BCUT2D eigenvalue weighted by Crippen LogP contribution is -2.03. The highest BCUT2D eigenvalue weighted by atomic mass is 16.5. The van der Waals surface area contributed by atoms with E-state index in [1.54, 1.807) is 0 Å². The van der Waals surface area contributed by atoms with E-state index in [-0.39, 0.29) is 0 Å². The molecule has 2 nitrogen and oxygen atoms in total. The Morgan fingerprint density at radius 2 is 2.20 bits per heavy atom. The van der Waals surface area contributed by atoms with Gasteiger partial charge < -0.3 is 10.1 Å². The Morgan fingerprint density at radius 1 is 1.40 bits per heavy atom. The first kappa shape index (κ1) is 11.6. The quantitative estimate of drug-likeness (QED) is 0.718. The second-order valence-corrected chi connectivity index (χ2v) is 3.42. The van der Waals surface area contributed by atoms with E-state index in [0.717, 1.165) is 24.4 Å². The van der Waals surface area contributed by atoms with Crippen molar-refractivity contribution in [1.82, 2.24) is 0 Å². The summed E-state index contributed by atoms with van der Waals surface area (Å²) >= 11 is 0. The van der Waals surface area contributed by atoms with Gasteiger partial charge in [0.05, 0.1) is 6.61 Å². The van der Waals surface area contributed by atoms with Gasteiger partial charge in [0.2, 0.25) is 0 Å². The largest absolute Gasteiger partial charge is 0.494 e. The SMILES string of the molecule is C=C(CC)CNc1cccc(OCC)c1. The van der Waals surface area contributed by atoms with Gasteiger partial charge in [0, 0.05) is 18.3 Å². The molecule has 0 aliphatic heterocycles. The van der Waals surface area contributed by atoms with Crippen molar-refractivity contribution < 1.29 is 4.74 Å². The van der Waals surface area contributed by atoms with Crippen molar-refractivity contribution in [3.8, 4) is 5.75 Å². The highest BCUT2D eigenvalue weighted by Gasteiger charge is 1.96. The van der Waals surface area contributed by atoms with E-state index in [4.69, 9.17) is 4.74 Å². The molecule has 0 fully saturated rings. The molecule has 0 aromatic heterocycles. The molecule has 0 amide bonds. The Morgan fingerprint density at radius 3 is 2.87 bits per heavy atom. The van der Waals surface area contributed by atoms with Crippen LogP contribution in [-0.2, 0) is 0 Å². The molecule has 1 aromatic rings. The first-order valence-electron chi connectivity index (χ1n) is 5.39. The van der Waals surface area contributed by atoms with Crippen LogP contribution in [0.4, 0.5) is 5.69 Å². The third kappa shape index (κ3) is 4.07. The third-order valence-electron chi connectivity index (χ3n) is 2.19. The zero-order valence-corrected chi connectivity index (χ0v) is 9.55. The van der Waals surface area contributed by atoms with Gasteiger partial charge in [-0.3, -0.25) is 0 Å². The molecule has 0 bridgehead atoms. The molecule has 1 rings (SSSR count). The Labute approximate surface area is 92.0 Å². The lowest BCUT2D eigenvalue weighted by Gasteiger charge is -2.09. The fourth-order valence-electron chi connectivity index (χ4n) is 1.21. The predicted molar refractivity (Wildman–Crippen MR) is 65.5 cm³/mol. The molecule has 0 unspecified atom stereocenters. The molecule has 0 saturated carbocycles. The number of hydrogen-bond acceptors (Lipinski definition) is 2. The maximum Gasteiger partial charge on any atom is 0.121 e. The molecule has 0 radical (unpaired) electrons. The fraction of sp³-hybridized carbons (Fsp3) is 0.385. The van der Waals surface area contributed by atoms with Crippen molar-refractivity contribution in [3.63, 3.8) is 0 Å². The van der Waals surface area contributed by atoms with Gasteiger partial charge in [0.15, 0.2) is 0 Å². The van der Waals surface area contributed by atoms with Crippen molar-refractivity contribution in [1.29, 1.82) is 0 Å². The van der Waals surface area contributed by atoms with Gasteiger partial charge in [-0.25, -0.2) is 0 Å². The van der Waals surface area contributed by atoms with Gasteiger partial charge in [-0.1, -0.05) is 25.1 Å². The lowest BCUT2D eigenvalue weighted by atomic mass is 10.2. The van der Waals surface area contributed by atoms with Crippen LogP contribution >= 0.6 is 0 Å². The average molecular weight is 205 g/mol. The molecular weight excluding hydrogens is 186 g/mol. The van der Waals surface area contributed by atoms with Crippen LogP contribution in [0.3, 0.4) is 0 Å². The van der Waals surface area contributed by atoms with Crippen LogP contribution in [0.25, 0.3) is 0 Å². The van der Waals surface area contributed by atoms with E-state index < -0.39 is 0 Å².